The maximum absolute atomic E-state index is 12.2. The molecule has 1 aliphatic heterocycles. The molecule has 2 heterocycles. The van der Waals surface area contributed by atoms with E-state index in [4.69, 9.17) is 19.9 Å². The summed E-state index contributed by atoms with van der Waals surface area (Å²) in [7, 11) is 0. The van der Waals surface area contributed by atoms with Crippen molar-refractivity contribution in [3.63, 3.8) is 0 Å². The van der Waals surface area contributed by atoms with Gasteiger partial charge >= 0.3 is 0 Å². The van der Waals surface area contributed by atoms with Crippen molar-refractivity contribution < 1.29 is 23.0 Å². The molecule has 3 N–H and O–H groups in total. The third-order valence-electron chi connectivity index (χ3n) is 3.61. The number of nitrogens with two attached hydrogens (primary N) is 1. The van der Waals surface area contributed by atoms with Crippen LogP contribution in [0.2, 0.25) is 0 Å². The summed E-state index contributed by atoms with van der Waals surface area (Å²) in [6, 6.07) is 8.68. The Kier molecular flexibility index (Phi) is 8.48. The average Bonchev–Trinajstić information content (AvgIpc) is 2.90. The Labute approximate surface area is 178 Å². The fourth-order valence-corrected chi connectivity index (χ4v) is 2.38. The van der Waals surface area contributed by atoms with Gasteiger partial charge in [-0.2, -0.15) is 0 Å². The first-order chi connectivity index (χ1) is 13.1. The van der Waals surface area contributed by atoms with Gasteiger partial charge in [0, 0.05) is 30.4 Å². The molecule has 0 amide bonds. The Morgan fingerprint density at radius 3 is 2.79 bits per heavy atom. The molecule has 0 unspecified atom stereocenters. The predicted molar refractivity (Wildman–Crippen MR) is 112 cm³/mol. The summed E-state index contributed by atoms with van der Waals surface area (Å²) < 4.78 is 40.5. The van der Waals surface area contributed by atoms with Gasteiger partial charge < -0.3 is 25.3 Å². The van der Waals surface area contributed by atoms with Crippen LogP contribution in [0.3, 0.4) is 0 Å². The molecule has 0 spiro atoms. The number of halogens is 3. The maximum atomic E-state index is 12.2. The molecule has 0 bridgehead atoms. The molecule has 0 radical (unpaired) electrons. The molecule has 0 fully saturated rings. The number of pyridine rings is 1. The second-order valence-corrected chi connectivity index (χ2v) is 5.74. The van der Waals surface area contributed by atoms with Crippen molar-refractivity contribution in [3.05, 3.63) is 42.1 Å². The van der Waals surface area contributed by atoms with Gasteiger partial charge in [-0.25, -0.2) is 18.8 Å². The summed E-state index contributed by atoms with van der Waals surface area (Å²) in [5, 5.41) is 2.98. The molecule has 3 rings (SSSR count). The minimum Gasteiger partial charge on any atom is -0.490 e. The summed E-state index contributed by atoms with van der Waals surface area (Å²) in [6.07, 6.45) is -0.252. The minimum atomic E-state index is -2.55. The van der Waals surface area contributed by atoms with Crippen LogP contribution in [-0.4, -0.2) is 37.2 Å². The number of anilines is 1. The van der Waals surface area contributed by atoms with E-state index in [1.165, 1.54) is 6.20 Å². The normalized spacial score (nSPS) is 13.5. The molecule has 1 aliphatic rings. The number of hydrogen-bond acceptors (Lipinski definition) is 5. The van der Waals surface area contributed by atoms with Crippen LogP contribution in [0.4, 0.5) is 14.5 Å². The van der Waals surface area contributed by atoms with Gasteiger partial charge in [-0.3, -0.25) is 0 Å². The maximum Gasteiger partial charge on any atom is 0.272 e. The van der Waals surface area contributed by atoms with Gasteiger partial charge in [0.15, 0.2) is 24.1 Å². The standard InChI is InChI=1S/C18H20F2N4O3.HI/c19-16(20)11-27-17-8-12(4-5-22-17)10-23-18(21)24-13-2-3-14-15(9-13)26-7-1-6-25-14;/h2-5,8-9,16H,1,6-7,10-11H2,(H3,21,23,24);1H. The van der Waals surface area contributed by atoms with E-state index in [1.807, 2.05) is 12.1 Å². The lowest BCUT2D eigenvalue weighted by atomic mass is 10.2. The van der Waals surface area contributed by atoms with Crippen molar-refractivity contribution in [3.8, 4) is 17.4 Å². The number of hydrogen-bond donors (Lipinski definition) is 2. The fraction of sp³-hybridized carbons (Fsp3) is 0.333. The summed E-state index contributed by atoms with van der Waals surface area (Å²) in [6.45, 7) is 0.765. The molecule has 1 aromatic carbocycles. The van der Waals surface area contributed by atoms with Gasteiger partial charge in [-0.1, -0.05) is 0 Å². The van der Waals surface area contributed by atoms with E-state index < -0.39 is 13.0 Å². The number of guanidine groups is 1. The first-order valence-electron chi connectivity index (χ1n) is 8.42. The zero-order valence-electron chi connectivity index (χ0n) is 14.9. The van der Waals surface area contributed by atoms with E-state index in [2.05, 4.69) is 15.3 Å². The van der Waals surface area contributed by atoms with Crippen LogP contribution in [0.25, 0.3) is 0 Å². The molecular formula is C18H21F2IN4O3. The monoisotopic (exact) mass is 506 g/mol. The topological polar surface area (TPSA) is 91.0 Å². The highest BCUT2D eigenvalue weighted by molar-refractivity contribution is 14.0. The molecule has 28 heavy (non-hydrogen) atoms. The van der Waals surface area contributed by atoms with E-state index in [9.17, 15) is 8.78 Å². The Hall–Kier alpha value is -2.37. The molecule has 1 aromatic heterocycles. The first-order valence-corrected chi connectivity index (χ1v) is 8.42. The summed E-state index contributed by atoms with van der Waals surface area (Å²) in [5.74, 6) is 1.68. The van der Waals surface area contributed by atoms with Gasteiger partial charge in [0.2, 0.25) is 5.88 Å². The largest absolute Gasteiger partial charge is 0.490 e. The highest BCUT2D eigenvalue weighted by Gasteiger charge is 2.11. The average molecular weight is 506 g/mol. The van der Waals surface area contributed by atoms with Gasteiger partial charge in [0.05, 0.1) is 19.8 Å². The number of nitrogens with one attached hydrogen (secondary N) is 1. The summed E-state index contributed by atoms with van der Waals surface area (Å²) in [5.41, 5.74) is 7.37. The van der Waals surface area contributed by atoms with Crippen LogP contribution in [0.5, 0.6) is 17.4 Å². The van der Waals surface area contributed by atoms with Gasteiger partial charge in [-0.15, -0.1) is 24.0 Å². The third-order valence-corrected chi connectivity index (χ3v) is 3.61. The van der Waals surface area contributed by atoms with E-state index in [0.717, 1.165) is 17.7 Å². The smallest absolute Gasteiger partial charge is 0.272 e. The lowest BCUT2D eigenvalue weighted by Crippen LogP contribution is -2.22. The number of nitrogens with zero attached hydrogens (tertiary/aromatic N) is 2. The van der Waals surface area contributed by atoms with E-state index >= 15 is 0 Å². The molecule has 7 nitrogen and oxygen atoms in total. The summed E-state index contributed by atoms with van der Waals surface area (Å²) >= 11 is 0. The van der Waals surface area contributed by atoms with Crippen LogP contribution in [0, 0.1) is 0 Å². The molecule has 0 saturated heterocycles. The Bertz CT molecular complexity index is 808. The van der Waals surface area contributed by atoms with E-state index in [1.54, 1.807) is 18.2 Å². The number of aromatic nitrogens is 1. The molecule has 152 valence electrons. The van der Waals surface area contributed by atoms with Crippen LogP contribution in [0.1, 0.15) is 12.0 Å². The molecule has 2 aromatic rings. The van der Waals surface area contributed by atoms with Crippen molar-refractivity contribution in [2.45, 2.75) is 19.4 Å². The highest BCUT2D eigenvalue weighted by atomic mass is 127. The van der Waals surface area contributed by atoms with E-state index in [0.29, 0.717) is 24.7 Å². The molecular weight excluding hydrogens is 485 g/mol. The Morgan fingerprint density at radius 2 is 2.00 bits per heavy atom. The molecule has 10 heteroatoms. The SMILES string of the molecule is I.NC(=NCc1ccnc(OCC(F)F)c1)Nc1ccc2c(c1)OCCCO2. The van der Waals surface area contributed by atoms with Crippen molar-refractivity contribution in [1.82, 2.24) is 4.98 Å². The van der Waals surface area contributed by atoms with Crippen LogP contribution in [0.15, 0.2) is 41.5 Å². The predicted octanol–water partition coefficient (Wildman–Crippen LogP) is 3.43. The van der Waals surface area contributed by atoms with Crippen LogP contribution in [-0.2, 0) is 6.54 Å². The van der Waals surface area contributed by atoms with Crippen molar-refractivity contribution in [2.75, 3.05) is 25.1 Å². The van der Waals surface area contributed by atoms with Crippen molar-refractivity contribution in [1.29, 1.82) is 0 Å². The second-order valence-electron chi connectivity index (χ2n) is 5.74. The zero-order chi connectivity index (χ0) is 19.1. The first kappa shape index (κ1) is 21.9. The lowest BCUT2D eigenvalue weighted by molar-refractivity contribution is 0.0795. The number of alkyl halides is 2. The highest BCUT2D eigenvalue weighted by Crippen LogP contribution is 2.32. The number of fused-ring (bicyclic) bond motifs is 1. The Morgan fingerprint density at radius 1 is 1.21 bits per heavy atom. The minimum absolute atomic E-state index is 0. The van der Waals surface area contributed by atoms with Gasteiger partial charge in [0.1, 0.15) is 0 Å². The van der Waals surface area contributed by atoms with Crippen molar-refractivity contribution in [2.24, 2.45) is 10.7 Å². The molecule has 0 aliphatic carbocycles. The van der Waals surface area contributed by atoms with Gasteiger partial charge in [0.25, 0.3) is 6.43 Å². The third kappa shape index (κ3) is 6.66. The lowest BCUT2D eigenvalue weighted by Gasteiger charge is -2.11. The molecule has 0 atom stereocenters. The van der Waals surface area contributed by atoms with E-state index in [-0.39, 0.29) is 42.4 Å². The zero-order valence-corrected chi connectivity index (χ0v) is 17.3. The van der Waals surface area contributed by atoms with Gasteiger partial charge in [-0.05, 0) is 23.8 Å². The number of aliphatic imine (C=N–C) groups is 1. The number of benzene rings is 1. The van der Waals surface area contributed by atoms with Crippen LogP contribution >= 0.6 is 24.0 Å². The summed E-state index contributed by atoms with van der Waals surface area (Å²) in [4.78, 5) is 8.11. The number of ether oxygens (including phenoxy) is 3. The van der Waals surface area contributed by atoms with Crippen LogP contribution < -0.4 is 25.3 Å². The fourth-order valence-electron chi connectivity index (χ4n) is 2.38. The second kappa shape index (κ2) is 10.8. The quantitative estimate of drug-likeness (QED) is 0.355. The van der Waals surface area contributed by atoms with Crippen molar-refractivity contribution >= 4 is 35.6 Å². The number of rotatable bonds is 6. The Balaban J connectivity index is 0.00000280. The molecule has 0 saturated carbocycles.